The van der Waals surface area contributed by atoms with Gasteiger partial charge in [0, 0.05) is 36.6 Å². The van der Waals surface area contributed by atoms with Crippen molar-refractivity contribution in [2.45, 2.75) is 18.8 Å². The number of benzene rings is 4. The highest BCUT2D eigenvalue weighted by molar-refractivity contribution is 6.08. The van der Waals surface area contributed by atoms with Gasteiger partial charge >= 0.3 is 0 Å². The third kappa shape index (κ3) is 6.32. The van der Waals surface area contributed by atoms with Crippen molar-refractivity contribution in [3.63, 3.8) is 0 Å². The summed E-state index contributed by atoms with van der Waals surface area (Å²) in [5.74, 6) is 0.0412. The van der Waals surface area contributed by atoms with Crippen molar-refractivity contribution in [2.75, 3.05) is 29.9 Å². The Kier molecular flexibility index (Phi) is 8.72. The van der Waals surface area contributed by atoms with E-state index in [0.29, 0.717) is 12.1 Å². The molecule has 2 amide bonds. The second kappa shape index (κ2) is 12.9. The molecule has 1 atom stereocenters. The normalized spacial score (nSPS) is 14.2. The minimum absolute atomic E-state index is 0.0680. The summed E-state index contributed by atoms with van der Waals surface area (Å²) in [5, 5.41) is 6.07. The highest BCUT2D eigenvalue weighted by atomic mass is 16.2. The Morgan fingerprint density at radius 1 is 0.825 bits per heavy atom. The lowest BCUT2D eigenvalue weighted by molar-refractivity contribution is -0.123. The predicted octanol–water partition coefficient (Wildman–Crippen LogP) is 6.91. The molecule has 4 aromatic carbocycles. The molecule has 1 fully saturated rings. The van der Waals surface area contributed by atoms with Crippen molar-refractivity contribution in [3.8, 4) is 11.1 Å². The van der Waals surface area contributed by atoms with Crippen LogP contribution in [0, 0.1) is 5.92 Å². The minimum atomic E-state index is -0.167. The predicted molar refractivity (Wildman–Crippen MR) is 164 cm³/mol. The van der Waals surface area contributed by atoms with Crippen LogP contribution >= 0.6 is 0 Å². The highest BCUT2D eigenvalue weighted by Gasteiger charge is 2.32. The largest absolute Gasteiger partial charge is 0.372 e. The van der Waals surface area contributed by atoms with Crippen LogP contribution in [0.2, 0.25) is 0 Å². The zero-order chi connectivity index (χ0) is 27.7. The van der Waals surface area contributed by atoms with Gasteiger partial charge in [-0.15, -0.1) is 6.58 Å². The molecule has 1 heterocycles. The molecule has 0 saturated carbocycles. The van der Waals surface area contributed by atoms with Crippen molar-refractivity contribution in [2.24, 2.45) is 5.92 Å². The summed E-state index contributed by atoms with van der Waals surface area (Å²) in [6, 6.07) is 35.7. The van der Waals surface area contributed by atoms with Crippen molar-refractivity contribution in [1.29, 1.82) is 0 Å². The van der Waals surface area contributed by atoms with E-state index in [4.69, 9.17) is 0 Å². The maximum atomic E-state index is 13.2. The molecule has 0 bridgehead atoms. The van der Waals surface area contributed by atoms with Crippen LogP contribution in [0.5, 0.6) is 0 Å². The van der Waals surface area contributed by atoms with Crippen molar-refractivity contribution in [1.82, 2.24) is 5.32 Å². The number of anilines is 2. The third-order valence-corrected chi connectivity index (χ3v) is 7.62. The Labute approximate surface area is 236 Å². The number of hydrogen-bond donors (Lipinski definition) is 2. The summed E-state index contributed by atoms with van der Waals surface area (Å²) < 4.78 is 0. The van der Waals surface area contributed by atoms with E-state index in [2.05, 4.69) is 46.4 Å². The van der Waals surface area contributed by atoms with E-state index < -0.39 is 0 Å². The topological polar surface area (TPSA) is 61.4 Å². The Morgan fingerprint density at radius 2 is 1.45 bits per heavy atom. The molecule has 0 aromatic heterocycles. The number of piperidine rings is 1. The minimum Gasteiger partial charge on any atom is -0.372 e. The molecule has 5 nitrogen and oxygen atoms in total. The Balaban J connectivity index is 1.22. The lowest BCUT2D eigenvalue weighted by atomic mass is 9.79. The van der Waals surface area contributed by atoms with Gasteiger partial charge in [0.25, 0.3) is 5.91 Å². The van der Waals surface area contributed by atoms with Gasteiger partial charge in [0.15, 0.2) is 0 Å². The zero-order valence-corrected chi connectivity index (χ0v) is 22.6. The van der Waals surface area contributed by atoms with Crippen LogP contribution in [0.25, 0.3) is 11.1 Å². The first-order valence-corrected chi connectivity index (χ1v) is 13.9. The summed E-state index contributed by atoms with van der Waals surface area (Å²) in [6.45, 7) is 5.95. The SMILES string of the molecule is C=CCNC(=O)C(c1ccccc1)C1CCN(c2ccc(NC(=O)c3ccccc3-c3ccccc3)cc2)CC1. The zero-order valence-electron chi connectivity index (χ0n) is 22.6. The summed E-state index contributed by atoms with van der Waals surface area (Å²) in [6.07, 6.45) is 3.57. The maximum Gasteiger partial charge on any atom is 0.256 e. The smallest absolute Gasteiger partial charge is 0.256 e. The number of nitrogens with one attached hydrogen (secondary N) is 2. The van der Waals surface area contributed by atoms with Gasteiger partial charge < -0.3 is 15.5 Å². The molecule has 1 unspecified atom stereocenters. The van der Waals surface area contributed by atoms with E-state index in [0.717, 1.165) is 54.0 Å². The van der Waals surface area contributed by atoms with E-state index in [1.807, 2.05) is 84.9 Å². The molecule has 1 aliphatic rings. The summed E-state index contributed by atoms with van der Waals surface area (Å²) in [4.78, 5) is 28.6. The van der Waals surface area contributed by atoms with Crippen molar-refractivity contribution >= 4 is 23.2 Å². The third-order valence-electron chi connectivity index (χ3n) is 7.62. The molecule has 0 aliphatic carbocycles. The maximum absolute atomic E-state index is 13.2. The molecular formula is C35H35N3O2. The molecule has 1 saturated heterocycles. The number of amides is 2. The molecule has 4 aromatic rings. The molecule has 40 heavy (non-hydrogen) atoms. The quantitative estimate of drug-likeness (QED) is 0.232. The van der Waals surface area contributed by atoms with E-state index in [1.54, 1.807) is 6.08 Å². The number of nitrogens with zero attached hydrogens (tertiary/aromatic N) is 1. The van der Waals surface area contributed by atoms with Gasteiger partial charge in [0.1, 0.15) is 0 Å². The van der Waals surface area contributed by atoms with Crippen LogP contribution in [0.1, 0.15) is 34.7 Å². The molecule has 0 spiro atoms. The monoisotopic (exact) mass is 529 g/mol. The number of carbonyl (C=O) groups excluding carboxylic acids is 2. The van der Waals surface area contributed by atoms with Crippen LogP contribution in [0.15, 0.2) is 122 Å². The highest BCUT2D eigenvalue weighted by Crippen LogP contribution is 2.35. The average molecular weight is 530 g/mol. The molecule has 2 N–H and O–H groups in total. The van der Waals surface area contributed by atoms with Crippen molar-refractivity contribution in [3.05, 3.63) is 133 Å². The fraction of sp³-hybridized carbons (Fsp3) is 0.200. The van der Waals surface area contributed by atoms with Gasteiger partial charge in [-0.3, -0.25) is 9.59 Å². The fourth-order valence-corrected chi connectivity index (χ4v) is 5.58. The molecule has 202 valence electrons. The van der Waals surface area contributed by atoms with Crippen LogP contribution in [0.4, 0.5) is 11.4 Å². The van der Waals surface area contributed by atoms with Crippen LogP contribution < -0.4 is 15.5 Å². The second-order valence-corrected chi connectivity index (χ2v) is 10.2. The standard InChI is InChI=1S/C35H35N3O2/c1-2-23-36-35(40)33(27-13-7-4-8-14-27)28-21-24-38(25-22-28)30-19-17-29(18-20-30)37-34(39)32-16-10-9-15-31(32)26-11-5-3-6-12-26/h2-20,28,33H,1,21-25H2,(H,36,40)(H,37,39). The lowest BCUT2D eigenvalue weighted by Crippen LogP contribution is -2.40. The van der Waals surface area contributed by atoms with Crippen LogP contribution in [0.3, 0.4) is 0 Å². The fourth-order valence-electron chi connectivity index (χ4n) is 5.58. The molecule has 1 aliphatic heterocycles. The molecule has 5 heteroatoms. The first-order chi connectivity index (χ1) is 19.6. The van der Waals surface area contributed by atoms with Gasteiger partial charge in [0.05, 0.1) is 5.92 Å². The average Bonchev–Trinajstić information content (AvgIpc) is 3.02. The molecule has 0 radical (unpaired) electrons. The Bertz CT molecular complexity index is 1430. The van der Waals surface area contributed by atoms with E-state index >= 15 is 0 Å². The molecule has 5 rings (SSSR count). The second-order valence-electron chi connectivity index (χ2n) is 10.2. The first-order valence-electron chi connectivity index (χ1n) is 13.9. The number of rotatable bonds is 9. The van der Waals surface area contributed by atoms with Gasteiger partial charge in [0.2, 0.25) is 5.91 Å². The van der Waals surface area contributed by atoms with Gasteiger partial charge in [-0.25, -0.2) is 0 Å². The Hall–Kier alpha value is -4.64. The van der Waals surface area contributed by atoms with Crippen LogP contribution in [-0.2, 0) is 4.79 Å². The van der Waals surface area contributed by atoms with Gasteiger partial charge in [-0.05, 0) is 65.8 Å². The molecular weight excluding hydrogens is 494 g/mol. The van der Waals surface area contributed by atoms with Gasteiger partial charge in [-0.2, -0.15) is 0 Å². The van der Waals surface area contributed by atoms with Crippen molar-refractivity contribution < 1.29 is 9.59 Å². The number of carbonyl (C=O) groups is 2. The number of hydrogen-bond acceptors (Lipinski definition) is 3. The lowest BCUT2D eigenvalue weighted by Gasteiger charge is -2.37. The van der Waals surface area contributed by atoms with E-state index in [9.17, 15) is 9.59 Å². The van der Waals surface area contributed by atoms with E-state index in [1.165, 1.54) is 0 Å². The summed E-state index contributed by atoms with van der Waals surface area (Å²) >= 11 is 0. The van der Waals surface area contributed by atoms with Gasteiger partial charge in [-0.1, -0.05) is 84.9 Å². The van der Waals surface area contributed by atoms with E-state index in [-0.39, 0.29) is 23.7 Å². The first kappa shape index (κ1) is 26.9. The Morgan fingerprint density at radius 3 is 2.12 bits per heavy atom. The van der Waals surface area contributed by atoms with Crippen LogP contribution in [-0.4, -0.2) is 31.4 Å². The summed E-state index contributed by atoms with van der Waals surface area (Å²) in [7, 11) is 0. The summed E-state index contributed by atoms with van der Waals surface area (Å²) in [5.41, 5.74) is 5.51.